The zero-order valence-corrected chi connectivity index (χ0v) is 17.5. The zero-order valence-electron chi connectivity index (χ0n) is 17.5. The molecule has 0 bridgehead atoms. The van der Waals surface area contributed by atoms with Crippen LogP contribution in [0.25, 0.3) is 0 Å². The summed E-state index contributed by atoms with van der Waals surface area (Å²) in [6, 6.07) is 15.8. The van der Waals surface area contributed by atoms with Crippen molar-refractivity contribution in [1.29, 1.82) is 0 Å². The number of hydrogen-bond acceptors (Lipinski definition) is 4. The van der Waals surface area contributed by atoms with Crippen molar-refractivity contribution >= 4 is 17.5 Å². The lowest BCUT2D eigenvalue weighted by Gasteiger charge is -2.36. The lowest BCUT2D eigenvalue weighted by atomic mass is 10.1. The number of ether oxygens (including phenoxy) is 1. The van der Waals surface area contributed by atoms with Gasteiger partial charge in [0.25, 0.3) is 5.91 Å². The maximum absolute atomic E-state index is 13.1. The van der Waals surface area contributed by atoms with Gasteiger partial charge in [0.05, 0.1) is 12.3 Å². The third kappa shape index (κ3) is 4.42. The van der Waals surface area contributed by atoms with Crippen LogP contribution in [0, 0.1) is 0 Å². The first-order chi connectivity index (χ1) is 14.7. The highest BCUT2D eigenvalue weighted by Gasteiger charge is 2.25. The Balaban J connectivity index is 1.39. The molecule has 6 heteroatoms. The number of rotatable bonds is 6. The molecule has 6 nitrogen and oxygen atoms in total. The van der Waals surface area contributed by atoms with Gasteiger partial charge in [0, 0.05) is 51.3 Å². The van der Waals surface area contributed by atoms with Crippen LogP contribution in [0.1, 0.15) is 35.7 Å². The second kappa shape index (κ2) is 9.20. The van der Waals surface area contributed by atoms with Crippen LogP contribution in [0.4, 0.5) is 5.69 Å². The van der Waals surface area contributed by atoms with Gasteiger partial charge in [-0.1, -0.05) is 24.3 Å². The predicted octanol–water partition coefficient (Wildman–Crippen LogP) is 3.17. The summed E-state index contributed by atoms with van der Waals surface area (Å²) in [7, 11) is 0. The summed E-state index contributed by atoms with van der Waals surface area (Å²) in [4.78, 5) is 31.0. The second-order valence-corrected chi connectivity index (χ2v) is 7.80. The normalized spacial score (nSPS) is 16.8. The highest BCUT2D eigenvalue weighted by Crippen LogP contribution is 2.29. The Kier molecular flexibility index (Phi) is 6.21. The molecule has 2 heterocycles. The summed E-state index contributed by atoms with van der Waals surface area (Å²) < 4.78 is 5.76. The van der Waals surface area contributed by atoms with E-state index < -0.39 is 0 Å². The van der Waals surface area contributed by atoms with E-state index in [1.165, 1.54) is 0 Å². The largest absolute Gasteiger partial charge is 0.492 e. The Morgan fingerprint density at radius 1 is 1.00 bits per heavy atom. The van der Waals surface area contributed by atoms with E-state index in [0.717, 1.165) is 43.1 Å². The molecule has 0 aromatic heterocycles. The van der Waals surface area contributed by atoms with Gasteiger partial charge in [0.15, 0.2) is 0 Å². The van der Waals surface area contributed by atoms with Gasteiger partial charge < -0.3 is 19.4 Å². The number of carbonyl (C=O) groups is 2. The van der Waals surface area contributed by atoms with E-state index in [2.05, 4.69) is 11.0 Å². The minimum absolute atomic E-state index is 0.0577. The number of benzene rings is 2. The van der Waals surface area contributed by atoms with Gasteiger partial charge in [0.2, 0.25) is 5.91 Å². The Labute approximate surface area is 178 Å². The summed E-state index contributed by atoms with van der Waals surface area (Å²) in [6.07, 6.45) is 1.56. The fourth-order valence-electron chi connectivity index (χ4n) is 4.22. The number of nitrogens with zero attached hydrogens (tertiary/aromatic N) is 3. The highest BCUT2D eigenvalue weighted by molar-refractivity contribution is 5.94. The SMILES string of the molecule is CCOc1ccccc1N1CCN(C(=O)c2cccc(CN3CCCC3=O)c2)CC1. The van der Waals surface area contributed by atoms with E-state index >= 15 is 0 Å². The molecule has 2 amide bonds. The van der Waals surface area contributed by atoms with E-state index in [0.29, 0.717) is 38.2 Å². The van der Waals surface area contributed by atoms with Crippen LogP contribution in [-0.4, -0.2) is 60.9 Å². The van der Waals surface area contributed by atoms with Gasteiger partial charge in [-0.15, -0.1) is 0 Å². The standard InChI is InChI=1S/C24H29N3O3/c1-2-30-22-10-4-3-9-21(22)25-13-15-26(16-14-25)24(29)20-8-5-7-19(17-20)18-27-12-6-11-23(27)28/h3-5,7-10,17H,2,6,11-16,18H2,1H3. The summed E-state index contributed by atoms with van der Waals surface area (Å²) in [6.45, 7) is 6.91. The van der Waals surface area contributed by atoms with E-state index in [1.807, 2.05) is 59.2 Å². The van der Waals surface area contributed by atoms with Crippen molar-refractivity contribution in [3.63, 3.8) is 0 Å². The summed E-state index contributed by atoms with van der Waals surface area (Å²) in [5, 5.41) is 0. The first-order valence-corrected chi connectivity index (χ1v) is 10.8. The number of likely N-dealkylation sites (tertiary alicyclic amines) is 1. The number of piperazine rings is 1. The molecule has 0 spiro atoms. The summed E-state index contributed by atoms with van der Waals surface area (Å²) >= 11 is 0. The molecule has 0 unspecified atom stereocenters. The topological polar surface area (TPSA) is 53.1 Å². The van der Waals surface area contributed by atoms with Crippen molar-refractivity contribution in [3.05, 3.63) is 59.7 Å². The van der Waals surface area contributed by atoms with Gasteiger partial charge >= 0.3 is 0 Å². The van der Waals surface area contributed by atoms with E-state index in [4.69, 9.17) is 4.74 Å². The number of amides is 2. The summed E-state index contributed by atoms with van der Waals surface area (Å²) in [5.41, 5.74) is 2.80. The molecular formula is C24H29N3O3. The number of hydrogen-bond donors (Lipinski definition) is 0. The third-order valence-electron chi connectivity index (χ3n) is 5.79. The smallest absolute Gasteiger partial charge is 0.253 e. The van der Waals surface area contributed by atoms with Gasteiger partial charge in [0.1, 0.15) is 5.75 Å². The zero-order chi connectivity index (χ0) is 20.9. The maximum atomic E-state index is 13.1. The Morgan fingerprint density at radius 3 is 2.53 bits per heavy atom. The first kappa shape index (κ1) is 20.3. The molecule has 158 valence electrons. The number of carbonyl (C=O) groups excluding carboxylic acids is 2. The third-order valence-corrected chi connectivity index (χ3v) is 5.79. The molecule has 2 aromatic rings. The van der Waals surface area contributed by atoms with E-state index in [1.54, 1.807) is 0 Å². The van der Waals surface area contributed by atoms with Crippen LogP contribution in [0.3, 0.4) is 0 Å². The lowest BCUT2D eigenvalue weighted by Crippen LogP contribution is -2.48. The van der Waals surface area contributed by atoms with Gasteiger partial charge in [-0.2, -0.15) is 0 Å². The van der Waals surface area contributed by atoms with Crippen LogP contribution >= 0.6 is 0 Å². The van der Waals surface area contributed by atoms with Crippen molar-refractivity contribution in [2.24, 2.45) is 0 Å². The van der Waals surface area contributed by atoms with Gasteiger partial charge in [-0.3, -0.25) is 9.59 Å². The average Bonchev–Trinajstić information content (AvgIpc) is 3.18. The van der Waals surface area contributed by atoms with Crippen LogP contribution in [0.2, 0.25) is 0 Å². The Hall–Kier alpha value is -3.02. The molecule has 2 fully saturated rings. The fraction of sp³-hybridized carbons (Fsp3) is 0.417. The number of para-hydroxylation sites is 2. The summed E-state index contributed by atoms with van der Waals surface area (Å²) in [5.74, 6) is 1.15. The molecule has 0 N–H and O–H groups in total. The molecule has 0 atom stereocenters. The molecular weight excluding hydrogens is 378 g/mol. The van der Waals surface area contributed by atoms with Crippen molar-refractivity contribution in [2.45, 2.75) is 26.3 Å². The van der Waals surface area contributed by atoms with E-state index in [-0.39, 0.29) is 11.8 Å². The van der Waals surface area contributed by atoms with Crippen LogP contribution in [0.5, 0.6) is 5.75 Å². The fourth-order valence-corrected chi connectivity index (χ4v) is 4.22. The quantitative estimate of drug-likeness (QED) is 0.738. The Morgan fingerprint density at radius 2 is 1.80 bits per heavy atom. The lowest BCUT2D eigenvalue weighted by molar-refractivity contribution is -0.128. The maximum Gasteiger partial charge on any atom is 0.253 e. The van der Waals surface area contributed by atoms with Crippen molar-refractivity contribution in [3.8, 4) is 5.75 Å². The highest BCUT2D eigenvalue weighted by atomic mass is 16.5. The molecule has 0 aliphatic carbocycles. The molecule has 0 radical (unpaired) electrons. The number of anilines is 1. The second-order valence-electron chi connectivity index (χ2n) is 7.80. The van der Waals surface area contributed by atoms with Gasteiger partial charge in [-0.25, -0.2) is 0 Å². The van der Waals surface area contributed by atoms with Crippen LogP contribution < -0.4 is 9.64 Å². The molecule has 2 aromatic carbocycles. The molecule has 0 saturated carbocycles. The van der Waals surface area contributed by atoms with Crippen molar-refractivity contribution in [1.82, 2.24) is 9.80 Å². The molecule has 30 heavy (non-hydrogen) atoms. The van der Waals surface area contributed by atoms with Crippen LogP contribution in [-0.2, 0) is 11.3 Å². The van der Waals surface area contributed by atoms with E-state index in [9.17, 15) is 9.59 Å². The average molecular weight is 408 g/mol. The Bertz CT molecular complexity index is 906. The molecule has 4 rings (SSSR count). The van der Waals surface area contributed by atoms with Crippen LogP contribution in [0.15, 0.2) is 48.5 Å². The molecule has 2 saturated heterocycles. The predicted molar refractivity (Wildman–Crippen MR) is 117 cm³/mol. The van der Waals surface area contributed by atoms with Crippen molar-refractivity contribution < 1.29 is 14.3 Å². The minimum atomic E-state index is 0.0577. The van der Waals surface area contributed by atoms with Gasteiger partial charge in [-0.05, 0) is 43.2 Å². The molecule has 2 aliphatic rings. The van der Waals surface area contributed by atoms with Crippen molar-refractivity contribution in [2.75, 3.05) is 44.2 Å². The monoisotopic (exact) mass is 407 g/mol. The minimum Gasteiger partial charge on any atom is -0.492 e. The first-order valence-electron chi connectivity index (χ1n) is 10.8. The molecule has 2 aliphatic heterocycles.